The smallest absolute Gasteiger partial charge is 0.319 e. The van der Waals surface area contributed by atoms with Crippen molar-refractivity contribution in [3.05, 3.63) is 46.2 Å². The molecule has 1 aromatic carbocycles. The Hall–Kier alpha value is -2.34. The molecule has 0 bridgehead atoms. The highest BCUT2D eigenvalue weighted by Crippen LogP contribution is 2.30. The summed E-state index contributed by atoms with van der Waals surface area (Å²) in [7, 11) is 0. The second-order valence-corrected chi connectivity index (χ2v) is 6.40. The van der Waals surface area contributed by atoms with Crippen molar-refractivity contribution in [1.82, 2.24) is 5.32 Å². The van der Waals surface area contributed by atoms with Gasteiger partial charge >= 0.3 is 6.03 Å². The van der Waals surface area contributed by atoms with E-state index in [9.17, 15) is 9.59 Å². The average molecular weight is 329 g/mol. The molecule has 0 saturated heterocycles. The number of hydrogen-bond acceptors (Lipinski definition) is 3. The van der Waals surface area contributed by atoms with Crippen LogP contribution in [0.15, 0.2) is 35.7 Å². The Balaban J connectivity index is 1.65. The van der Waals surface area contributed by atoms with Crippen molar-refractivity contribution in [3.8, 4) is 0 Å². The maximum atomic E-state index is 12.0. The molecule has 0 radical (unpaired) electrons. The zero-order valence-corrected chi connectivity index (χ0v) is 13.8. The Morgan fingerprint density at radius 3 is 2.91 bits per heavy atom. The fourth-order valence-corrected chi connectivity index (χ4v) is 3.38. The van der Waals surface area contributed by atoms with E-state index in [2.05, 4.69) is 10.6 Å². The SMILES string of the molecule is CCN1C(=O)CCc2cc(NC(=O)NCc3cccs3)ccc21. The molecule has 2 heterocycles. The molecule has 6 heteroatoms. The van der Waals surface area contributed by atoms with Gasteiger partial charge < -0.3 is 15.5 Å². The van der Waals surface area contributed by atoms with E-state index in [0.29, 0.717) is 19.5 Å². The molecule has 1 aliphatic heterocycles. The van der Waals surface area contributed by atoms with Gasteiger partial charge in [-0.2, -0.15) is 0 Å². The maximum Gasteiger partial charge on any atom is 0.319 e. The number of carbonyl (C=O) groups is 2. The molecule has 0 atom stereocenters. The molecule has 0 spiro atoms. The predicted octanol–water partition coefficient (Wildman–Crippen LogP) is 3.37. The fraction of sp³-hybridized carbons (Fsp3) is 0.294. The van der Waals surface area contributed by atoms with E-state index < -0.39 is 0 Å². The number of aryl methyl sites for hydroxylation is 1. The number of nitrogens with one attached hydrogen (secondary N) is 2. The molecule has 2 aromatic rings. The van der Waals surface area contributed by atoms with Gasteiger partial charge in [0.25, 0.3) is 0 Å². The fourth-order valence-electron chi connectivity index (χ4n) is 2.74. The number of rotatable bonds is 4. The first-order valence-electron chi connectivity index (χ1n) is 7.68. The molecule has 120 valence electrons. The van der Waals surface area contributed by atoms with Crippen molar-refractivity contribution in [2.75, 3.05) is 16.8 Å². The topological polar surface area (TPSA) is 61.4 Å². The minimum atomic E-state index is -0.224. The zero-order valence-electron chi connectivity index (χ0n) is 13.0. The highest BCUT2D eigenvalue weighted by atomic mass is 32.1. The van der Waals surface area contributed by atoms with Gasteiger partial charge in [0.2, 0.25) is 5.91 Å². The van der Waals surface area contributed by atoms with Crippen LogP contribution in [0, 0.1) is 0 Å². The van der Waals surface area contributed by atoms with Crippen LogP contribution in [0.25, 0.3) is 0 Å². The van der Waals surface area contributed by atoms with Gasteiger partial charge in [0.15, 0.2) is 0 Å². The monoisotopic (exact) mass is 329 g/mol. The van der Waals surface area contributed by atoms with E-state index >= 15 is 0 Å². The van der Waals surface area contributed by atoms with Gasteiger partial charge in [-0.25, -0.2) is 4.79 Å². The number of amides is 3. The van der Waals surface area contributed by atoms with Crippen LogP contribution in [-0.4, -0.2) is 18.5 Å². The van der Waals surface area contributed by atoms with Crippen LogP contribution >= 0.6 is 11.3 Å². The molecule has 3 rings (SSSR count). The van der Waals surface area contributed by atoms with Crippen LogP contribution in [0.4, 0.5) is 16.2 Å². The van der Waals surface area contributed by atoms with E-state index in [4.69, 9.17) is 0 Å². The summed E-state index contributed by atoms with van der Waals surface area (Å²) in [5, 5.41) is 7.67. The number of anilines is 2. The van der Waals surface area contributed by atoms with Crippen molar-refractivity contribution in [1.29, 1.82) is 0 Å². The van der Waals surface area contributed by atoms with Gasteiger partial charge in [0.05, 0.1) is 6.54 Å². The summed E-state index contributed by atoms with van der Waals surface area (Å²) in [6.45, 7) is 3.16. The molecule has 3 amide bonds. The summed E-state index contributed by atoms with van der Waals surface area (Å²) < 4.78 is 0. The molecular formula is C17H19N3O2S. The summed E-state index contributed by atoms with van der Waals surface area (Å²) in [5.41, 5.74) is 2.80. The zero-order chi connectivity index (χ0) is 16.2. The summed E-state index contributed by atoms with van der Waals surface area (Å²) >= 11 is 1.61. The van der Waals surface area contributed by atoms with Crippen molar-refractivity contribution in [2.24, 2.45) is 0 Å². The van der Waals surface area contributed by atoms with E-state index in [1.54, 1.807) is 16.2 Å². The second-order valence-electron chi connectivity index (χ2n) is 5.37. The Labute approximate surface area is 139 Å². The number of nitrogens with zero attached hydrogens (tertiary/aromatic N) is 1. The summed E-state index contributed by atoms with van der Waals surface area (Å²) in [4.78, 5) is 26.8. The summed E-state index contributed by atoms with van der Waals surface area (Å²) in [6, 6.07) is 9.42. The van der Waals surface area contributed by atoms with Crippen molar-refractivity contribution < 1.29 is 9.59 Å². The molecule has 0 aliphatic carbocycles. The Kier molecular flexibility index (Phi) is 4.62. The molecule has 2 N–H and O–H groups in total. The summed E-state index contributed by atoms with van der Waals surface area (Å²) in [5.74, 6) is 0.161. The Bertz CT molecular complexity index is 713. The molecule has 23 heavy (non-hydrogen) atoms. The van der Waals surface area contributed by atoms with Crippen LogP contribution < -0.4 is 15.5 Å². The number of thiophene rings is 1. The quantitative estimate of drug-likeness (QED) is 0.903. The molecule has 0 saturated carbocycles. The average Bonchev–Trinajstić information content (AvgIpc) is 3.06. The Morgan fingerprint density at radius 1 is 1.30 bits per heavy atom. The lowest BCUT2D eigenvalue weighted by molar-refractivity contribution is -0.118. The Morgan fingerprint density at radius 2 is 2.17 bits per heavy atom. The number of carbonyl (C=O) groups excluding carboxylic acids is 2. The largest absolute Gasteiger partial charge is 0.333 e. The lowest BCUT2D eigenvalue weighted by atomic mass is 10.0. The van der Waals surface area contributed by atoms with Crippen LogP contribution in [0.1, 0.15) is 23.8 Å². The first kappa shape index (κ1) is 15.6. The minimum absolute atomic E-state index is 0.161. The number of hydrogen-bond donors (Lipinski definition) is 2. The lowest BCUT2D eigenvalue weighted by Gasteiger charge is -2.28. The highest BCUT2D eigenvalue weighted by Gasteiger charge is 2.22. The second kappa shape index (κ2) is 6.83. The third-order valence-electron chi connectivity index (χ3n) is 3.86. The predicted molar refractivity (Wildman–Crippen MR) is 93.0 cm³/mol. The van der Waals surface area contributed by atoms with Crippen LogP contribution in [0.2, 0.25) is 0 Å². The third kappa shape index (κ3) is 3.53. The maximum absolute atomic E-state index is 12.0. The van der Waals surface area contributed by atoms with Crippen molar-refractivity contribution in [3.63, 3.8) is 0 Å². The molecule has 0 unspecified atom stereocenters. The molecule has 0 fully saturated rings. The van der Waals surface area contributed by atoms with Gasteiger partial charge in [0, 0.05) is 29.2 Å². The van der Waals surface area contributed by atoms with E-state index in [1.807, 2.05) is 42.6 Å². The minimum Gasteiger partial charge on any atom is -0.333 e. The third-order valence-corrected chi connectivity index (χ3v) is 4.73. The van der Waals surface area contributed by atoms with Gasteiger partial charge in [-0.1, -0.05) is 6.07 Å². The van der Waals surface area contributed by atoms with Crippen molar-refractivity contribution >= 4 is 34.6 Å². The number of urea groups is 1. The molecule has 1 aromatic heterocycles. The van der Waals surface area contributed by atoms with E-state index in [1.165, 1.54) is 0 Å². The summed E-state index contributed by atoms with van der Waals surface area (Å²) in [6.07, 6.45) is 1.24. The van der Waals surface area contributed by atoms with Gasteiger partial charge in [0.1, 0.15) is 0 Å². The van der Waals surface area contributed by atoms with Crippen LogP contribution in [0.5, 0.6) is 0 Å². The normalized spacial score (nSPS) is 13.6. The lowest BCUT2D eigenvalue weighted by Crippen LogP contribution is -2.35. The molecule has 1 aliphatic rings. The number of benzene rings is 1. The first-order valence-corrected chi connectivity index (χ1v) is 8.56. The first-order chi connectivity index (χ1) is 11.2. The standard InChI is InChI=1S/C17H19N3O2S/c1-2-20-15-7-6-13(10-12(15)5-8-16(20)21)19-17(22)18-11-14-4-3-9-23-14/h3-4,6-7,9-10H,2,5,8,11H2,1H3,(H2,18,19,22). The molecule has 5 nitrogen and oxygen atoms in total. The van der Waals surface area contributed by atoms with Crippen molar-refractivity contribution in [2.45, 2.75) is 26.3 Å². The van der Waals surface area contributed by atoms with Gasteiger partial charge in [-0.3, -0.25) is 4.79 Å². The molecular weight excluding hydrogens is 310 g/mol. The van der Waals surface area contributed by atoms with Gasteiger partial charge in [-0.15, -0.1) is 11.3 Å². The van der Waals surface area contributed by atoms with Crippen LogP contribution in [-0.2, 0) is 17.8 Å². The van der Waals surface area contributed by atoms with Gasteiger partial charge in [-0.05, 0) is 48.6 Å². The number of fused-ring (bicyclic) bond motifs is 1. The van der Waals surface area contributed by atoms with Crippen LogP contribution in [0.3, 0.4) is 0 Å². The van der Waals surface area contributed by atoms with E-state index in [-0.39, 0.29) is 11.9 Å². The highest BCUT2D eigenvalue weighted by molar-refractivity contribution is 7.09. The van der Waals surface area contributed by atoms with E-state index in [0.717, 1.165) is 28.2 Å².